The first kappa shape index (κ1) is 17.2. The number of hydrogen-bond donors (Lipinski definition) is 1. The van der Waals surface area contributed by atoms with Gasteiger partial charge in [0, 0.05) is 30.4 Å². The third kappa shape index (κ3) is 3.95. The summed E-state index contributed by atoms with van der Waals surface area (Å²) in [6.07, 6.45) is 0. The van der Waals surface area contributed by atoms with E-state index in [4.69, 9.17) is 9.26 Å². The van der Waals surface area contributed by atoms with Gasteiger partial charge in [0.25, 0.3) is 5.91 Å². The van der Waals surface area contributed by atoms with Crippen molar-refractivity contribution >= 4 is 17.4 Å². The number of rotatable bonds is 4. The van der Waals surface area contributed by atoms with Gasteiger partial charge in [0.15, 0.2) is 11.5 Å². The number of anilines is 2. The second-order valence-corrected chi connectivity index (χ2v) is 6.23. The Hall–Kier alpha value is -3.26. The highest BCUT2D eigenvalue weighted by Crippen LogP contribution is 2.22. The van der Waals surface area contributed by atoms with Crippen LogP contribution in [-0.4, -0.2) is 47.6 Å². The van der Waals surface area contributed by atoms with Crippen LogP contribution in [0.3, 0.4) is 0 Å². The first-order chi connectivity index (χ1) is 13.2. The summed E-state index contributed by atoms with van der Waals surface area (Å²) in [6.45, 7) is 4.78. The fraction of sp³-hybridized carbons (Fsp3) is 0.263. The van der Waals surface area contributed by atoms with E-state index in [0.717, 1.165) is 30.2 Å². The number of hydrogen-bond acceptors (Lipinski definition) is 7. The van der Waals surface area contributed by atoms with Gasteiger partial charge in [-0.05, 0) is 31.2 Å². The van der Waals surface area contributed by atoms with Gasteiger partial charge < -0.3 is 19.5 Å². The molecule has 3 heterocycles. The van der Waals surface area contributed by atoms with E-state index < -0.39 is 0 Å². The average Bonchev–Trinajstić information content (AvgIpc) is 3.16. The number of carbonyl (C=O) groups excluding carboxylic acids is 1. The average molecular weight is 365 g/mol. The molecule has 0 aliphatic carbocycles. The molecule has 1 aromatic carbocycles. The summed E-state index contributed by atoms with van der Waals surface area (Å²) in [7, 11) is 0. The zero-order valence-electron chi connectivity index (χ0n) is 14.9. The zero-order valence-corrected chi connectivity index (χ0v) is 14.9. The summed E-state index contributed by atoms with van der Waals surface area (Å²) in [5.41, 5.74) is 2.50. The Kier molecular flexibility index (Phi) is 4.80. The Balaban J connectivity index is 1.49. The molecule has 0 radical (unpaired) electrons. The first-order valence-electron chi connectivity index (χ1n) is 8.70. The highest BCUT2D eigenvalue weighted by atomic mass is 16.5. The standard InChI is InChI=1S/C19H19N5O3/c1-13-11-17(23-27-13)19(25)20-15-4-2-3-14(12-15)16-5-6-18(22-21-16)24-7-9-26-10-8-24/h2-6,11-12H,7-10H2,1H3,(H,20,25). The molecule has 8 heteroatoms. The third-order valence-corrected chi connectivity index (χ3v) is 4.26. The predicted molar refractivity (Wildman–Crippen MR) is 99.7 cm³/mol. The Morgan fingerprint density at radius 3 is 2.67 bits per heavy atom. The van der Waals surface area contributed by atoms with Crippen molar-refractivity contribution in [3.8, 4) is 11.3 Å². The molecule has 0 bridgehead atoms. The van der Waals surface area contributed by atoms with E-state index in [-0.39, 0.29) is 11.6 Å². The van der Waals surface area contributed by atoms with Crippen LogP contribution in [0.1, 0.15) is 16.2 Å². The lowest BCUT2D eigenvalue weighted by Crippen LogP contribution is -2.36. The Morgan fingerprint density at radius 1 is 1.11 bits per heavy atom. The maximum absolute atomic E-state index is 12.2. The second kappa shape index (κ2) is 7.55. The van der Waals surface area contributed by atoms with Crippen molar-refractivity contribution < 1.29 is 14.1 Å². The van der Waals surface area contributed by atoms with Crippen LogP contribution in [0.15, 0.2) is 47.0 Å². The number of benzene rings is 1. The lowest BCUT2D eigenvalue weighted by Gasteiger charge is -2.27. The van der Waals surface area contributed by atoms with E-state index >= 15 is 0 Å². The van der Waals surface area contributed by atoms with Crippen LogP contribution in [0.2, 0.25) is 0 Å². The van der Waals surface area contributed by atoms with Crippen LogP contribution in [0.5, 0.6) is 0 Å². The summed E-state index contributed by atoms with van der Waals surface area (Å²) in [5.74, 6) is 1.11. The molecule has 0 spiro atoms. The molecule has 27 heavy (non-hydrogen) atoms. The van der Waals surface area contributed by atoms with Gasteiger partial charge in [-0.15, -0.1) is 10.2 Å². The van der Waals surface area contributed by atoms with E-state index in [1.165, 1.54) is 0 Å². The van der Waals surface area contributed by atoms with Crippen LogP contribution < -0.4 is 10.2 Å². The number of carbonyl (C=O) groups is 1. The topological polar surface area (TPSA) is 93.4 Å². The molecule has 138 valence electrons. The molecule has 0 saturated carbocycles. The Bertz CT molecular complexity index is 933. The van der Waals surface area contributed by atoms with Crippen LogP contribution in [0.25, 0.3) is 11.3 Å². The maximum Gasteiger partial charge on any atom is 0.277 e. The number of nitrogens with one attached hydrogen (secondary N) is 1. The number of aryl methyl sites for hydroxylation is 1. The largest absolute Gasteiger partial charge is 0.378 e. The minimum atomic E-state index is -0.322. The Labute approximate surface area is 156 Å². The van der Waals surface area contributed by atoms with Crippen LogP contribution >= 0.6 is 0 Å². The molecule has 3 aromatic rings. The van der Waals surface area contributed by atoms with E-state index in [9.17, 15) is 4.79 Å². The number of morpholine rings is 1. The van der Waals surface area contributed by atoms with Gasteiger partial charge in [-0.3, -0.25) is 4.79 Å². The van der Waals surface area contributed by atoms with E-state index in [1.54, 1.807) is 13.0 Å². The molecule has 1 fully saturated rings. The maximum atomic E-state index is 12.2. The van der Waals surface area contributed by atoms with E-state index in [0.29, 0.717) is 24.7 Å². The van der Waals surface area contributed by atoms with Gasteiger partial charge in [0.1, 0.15) is 5.76 Å². The predicted octanol–water partition coefficient (Wildman–Crippen LogP) is 2.53. The molecule has 1 saturated heterocycles. The van der Waals surface area contributed by atoms with Gasteiger partial charge in [-0.1, -0.05) is 17.3 Å². The number of amides is 1. The van der Waals surface area contributed by atoms with Crippen molar-refractivity contribution in [1.82, 2.24) is 15.4 Å². The first-order valence-corrected chi connectivity index (χ1v) is 8.70. The number of ether oxygens (including phenoxy) is 1. The molecule has 0 unspecified atom stereocenters. The van der Waals surface area contributed by atoms with Crippen molar-refractivity contribution in [1.29, 1.82) is 0 Å². The molecular weight excluding hydrogens is 346 g/mol. The molecule has 2 aromatic heterocycles. The van der Waals surface area contributed by atoms with Crippen molar-refractivity contribution in [3.05, 3.63) is 53.9 Å². The molecule has 4 rings (SSSR count). The molecule has 1 amide bonds. The number of nitrogens with zero attached hydrogens (tertiary/aromatic N) is 4. The third-order valence-electron chi connectivity index (χ3n) is 4.26. The number of aromatic nitrogens is 3. The molecule has 8 nitrogen and oxygen atoms in total. The van der Waals surface area contributed by atoms with E-state index in [2.05, 4.69) is 25.6 Å². The Morgan fingerprint density at radius 2 is 1.96 bits per heavy atom. The molecule has 0 atom stereocenters. The monoisotopic (exact) mass is 365 g/mol. The molecule has 1 N–H and O–H groups in total. The quantitative estimate of drug-likeness (QED) is 0.759. The minimum Gasteiger partial charge on any atom is -0.378 e. The summed E-state index contributed by atoms with van der Waals surface area (Å²) >= 11 is 0. The van der Waals surface area contributed by atoms with Crippen LogP contribution in [0, 0.1) is 6.92 Å². The fourth-order valence-electron chi connectivity index (χ4n) is 2.87. The van der Waals surface area contributed by atoms with E-state index in [1.807, 2.05) is 36.4 Å². The molecule has 1 aliphatic rings. The SMILES string of the molecule is Cc1cc(C(=O)Nc2cccc(-c3ccc(N4CCOCC4)nn3)c2)no1. The van der Waals surface area contributed by atoms with Gasteiger partial charge in [-0.25, -0.2) is 0 Å². The van der Waals surface area contributed by atoms with Crippen LogP contribution in [0.4, 0.5) is 11.5 Å². The van der Waals surface area contributed by atoms with Crippen LogP contribution in [-0.2, 0) is 4.74 Å². The van der Waals surface area contributed by atoms with Gasteiger partial charge in [-0.2, -0.15) is 0 Å². The summed E-state index contributed by atoms with van der Waals surface area (Å²) in [6, 6.07) is 12.9. The normalized spacial score (nSPS) is 14.2. The smallest absolute Gasteiger partial charge is 0.277 e. The molecule has 1 aliphatic heterocycles. The second-order valence-electron chi connectivity index (χ2n) is 6.23. The van der Waals surface area contributed by atoms with Gasteiger partial charge >= 0.3 is 0 Å². The van der Waals surface area contributed by atoms with Gasteiger partial charge in [0.05, 0.1) is 18.9 Å². The van der Waals surface area contributed by atoms with Crippen molar-refractivity contribution in [2.75, 3.05) is 36.5 Å². The molecular formula is C19H19N5O3. The van der Waals surface area contributed by atoms with Crippen molar-refractivity contribution in [2.45, 2.75) is 6.92 Å². The lowest BCUT2D eigenvalue weighted by molar-refractivity contribution is 0.101. The summed E-state index contributed by atoms with van der Waals surface area (Å²) < 4.78 is 10.3. The minimum absolute atomic E-state index is 0.243. The fourth-order valence-corrected chi connectivity index (χ4v) is 2.87. The zero-order chi connectivity index (χ0) is 18.6. The highest BCUT2D eigenvalue weighted by molar-refractivity contribution is 6.03. The highest BCUT2D eigenvalue weighted by Gasteiger charge is 2.14. The van der Waals surface area contributed by atoms with Gasteiger partial charge in [0.2, 0.25) is 0 Å². The van der Waals surface area contributed by atoms with Crippen molar-refractivity contribution in [2.24, 2.45) is 0 Å². The lowest BCUT2D eigenvalue weighted by atomic mass is 10.1. The van der Waals surface area contributed by atoms with Crippen molar-refractivity contribution in [3.63, 3.8) is 0 Å². The summed E-state index contributed by atoms with van der Waals surface area (Å²) in [4.78, 5) is 14.4. The summed E-state index contributed by atoms with van der Waals surface area (Å²) in [5, 5.41) is 15.2.